The Hall–Kier alpha value is -1.38. The van der Waals surface area contributed by atoms with Gasteiger partial charge in [0.05, 0.1) is 21.7 Å². The van der Waals surface area contributed by atoms with Gasteiger partial charge in [-0.25, -0.2) is 0 Å². The van der Waals surface area contributed by atoms with E-state index in [1.807, 2.05) is 36.4 Å². The summed E-state index contributed by atoms with van der Waals surface area (Å²) in [5, 5.41) is 1.14. The number of benzene rings is 1. The molecule has 0 aliphatic heterocycles. The molecule has 1 heterocycles. The zero-order chi connectivity index (χ0) is 15.6. The van der Waals surface area contributed by atoms with Crippen LogP contribution in [0.25, 0.3) is 0 Å². The van der Waals surface area contributed by atoms with Gasteiger partial charge in [0.2, 0.25) is 0 Å². The van der Waals surface area contributed by atoms with Crippen LogP contribution in [-0.2, 0) is 10.2 Å². The lowest BCUT2D eigenvalue weighted by Crippen LogP contribution is -2.36. The summed E-state index contributed by atoms with van der Waals surface area (Å²) in [7, 11) is 0. The Morgan fingerprint density at radius 1 is 1.18 bits per heavy atom. The maximum atomic E-state index is 11.6. The summed E-state index contributed by atoms with van der Waals surface area (Å²) in [5.74, 6) is -0.184. The summed E-state index contributed by atoms with van der Waals surface area (Å²) in [6.45, 7) is 0. The molecule has 1 atom stereocenters. The second kappa shape index (κ2) is 6.39. The van der Waals surface area contributed by atoms with Crippen LogP contribution in [0.3, 0.4) is 0 Å². The fourth-order valence-corrected chi connectivity index (χ4v) is 3.58. The Balaban J connectivity index is 1.89. The average Bonchev–Trinajstić information content (AvgIpc) is 2.51. The Morgan fingerprint density at radius 2 is 2.00 bits per heavy atom. The van der Waals surface area contributed by atoms with Crippen LogP contribution in [0, 0.1) is 0 Å². The number of aromatic nitrogens is 1. The zero-order valence-electron chi connectivity index (χ0n) is 12.1. The van der Waals surface area contributed by atoms with Gasteiger partial charge in [-0.3, -0.25) is 4.98 Å². The molecule has 114 valence electrons. The van der Waals surface area contributed by atoms with Gasteiger partial charge in [0.25, 0.3) is 0 Å². The minimum atomic E-state index is -0.184. The number of carbonyl (C=O) groups excluding carboxylic acids is 1. The van der Waals surface area contributed by atoms with Gasteiger partial charge in [-0.1, -0.05) is 41.8 Å². The SMILES string of the molecule is O=CC(CC1(c2ccc(Cl)c(Cl)c2)CCC1)c1ccccn1. The molecule has 0 amide bonds. The van der Waals surface area contributed by atoms with Crippen molar-refractivity contribution >= 4 is 29.5 Å². The quantitative estimate of drug-likeness (QED) is 0.705. The van der Waals surface area contributed by atoms with Crippen molar-refractivity contribution in [3.63, 3.8) is 0 Å². The van der Waals surface area contributed by atoms with Gasteiger partial charge in [-0.15, -0.1) is 0 Å². The molecule has 0 radical (unpaired) electrons. The lowest BCUT2D eigenvalue weighted by Gasteiger charge is -2.44. The summed E-state index contributed by atoms with van der Waals surface area (Å²) < 4.78 is 0. The largest absolute Gasteiger partial charge is 0.303 e. The van der Waals surface area contributed by atoms with Gasteiger partial charge in [0, 0.05) is 6.20 Å². The minimum absolute atomic E-state index is 0.0112. The molecule has 0 N–H and O–H groups in total. The smallest absolute Gasteiger partial charge is 0.129 e. The number of halogens is 2. The lowest BCUT2D eigenvalue weighted by atomic mass is 9.60. The van der Waals surface area contributed by atoms with Crippen LogP contribution in [0.1, 0.15) is 42.9 Å². The maximum absolute atomic E-state index is 11.6. The molecule has 3 rings (SSSR count). The van der Waals surface area contributed by atoms with Gasteiger partial charge in [-0.2, -0.15) is 0 Å². The molecule has 22 heavy (non-hydrogen) atoms. The van der Waals surface area contributed by atoms with Crippen molar-refractivity contribution in [3.8, 4) is 0 Å². The van der Waals surface area contributed by atoms with E-state index in [4.69, 9.17) is 23.2 Å². The molecular formula is C18H17Cl2NO. The van der Waals surface area contributed by atoms with Crippen LogP contribution in [-0.4, -0.2) is 11.3 Å². The molecule has 2 nitrogen and oxygen atoms in total. The molecule has 1 unspecified atom stereocenters. The van der Waals surface area contributed by atoms with Gasteiger partial charge in [0.15, 0.2) is 0 Å². The number of hydrogen-bond donors (Lipinski definition) is 0. The highest BCUT2D eigenvalue weighted by Gasteiger charge is 2.41. The van der Waals surface area contributed by atoms with E-state index in [-0.39, 0.29) is 11.3 Å². The van der Waals surface area contributed by atoms with Crippen LogP contribution in [0.4, 0.5) is 0 Å². The molecule has 2 aromatic rings. The van der Waals surface area contributed by atoms with Crippen LogP contribution < -0.4 is 0 Å². The fraction of sp³-hybridized carbons (Fsp3) is 0.333. The molecule has 0 saturated heterocycles. The minimum Gasteiger partial charge on any atom is -0.303 e. The van der Waals surface area contributed by atoms with E-state index in [1.54, 1.807) is 6.20 Å². The summed E-state index contributed by atoms with van der Waals surface area (Å²) in [6, 6.07) is 11.5. The van der Waals surface area contributed by atoms with E-state index in [1.165, 1.54) is 12.0 Å². The molecule has 0 spiro atoms. The summed E-state index contributed by atoms with van der Waals surface area (Å²) >= 11 is 12.2. The molecule has 4 heteroatoms. The molecule has 1 aromatic heterocycles. The molecule has 1 aliphatic carbocycles. The topological polar surface area (TPSA) is 30.0 Å². The predicted molar refractivity (Wildman–Crippen MR) is 89.7 cm³/mol. The Morgan fingerprint density at radius 3 is 2.55 bits per heavy atom. The fourth-order valence-electron chi connectivity index (χ4n) is 3.28. The van der Waals surface area contributed by atoms with Gasteiger partial charge < -0.3 is 4.79 Å². The van der Waals surface area contributed by atoms with Crippen molar-refractivity contribution in [2.24, 2.45) is 0 Å². The Bertz CT molecular complexity index is 668. The van der Waals surface area contributed by atoms with Crippen molar-refractivity contribution in [2.45, 2.75) is 37.0 Å². The number of hydrogen-bond acceptors (Lipinski definition) is 2. The summed E-state index contributed by atoms with van der Waals surface area (Å²) in [5.41, 5.74) is 2.02. The molecule has 0 bridgehead atoms. The molecule has 1 aliphatic rings. The number of pyridine rings is 1. The standard InChI is InChI=1S/C18H17Cl2NO/c19-15-6-5-14(10-16(15)20)18(7-3-8-18)11-13(12-22)17-4-1-2-9-21-17/h1-2,4-6,9-10,12-13H,3,7-8,11H2. The van der Waals surface area contributed by atoms with E-state index < -0.39 is 0 Å². The first kappa shape index (κ1) is 15.5. The average molecular weight is 334 g/mol. The predicted octanol–water partition coefficient (Wildman–Crippen LogP) is 5.18. The molecule has 1 saturated carbocycles. The summed E-state index contributed by atoms with van der Waals surface area (Å²) in [6.07, 6.45) is 6.84. The van der Waals surface area contributed by atoms with Crippen LogP contribution in [0.5, 0.6) is 0 Å². The number of nitrogens with zero attached hydrogens (tertiary/aromatic N) is 1. The van der Waals surface area contributed by atoms with E-state index in [0.29, 0.717) is 10.0 Å². The van der Waals surface area contributed by atoms with E-state index in [2.05, 4.69) is 4.98 Å². The van der Waals surface area contributed by atoms with Gasteiger partial charge in [0.1, 0.15) is 6.29 Å². The number of aldehydes is 1. The van der Waals surface area contributed by atoms with E-state index in [0.717, 1.165) is 31.2 Å². The third-order valence-electron chi connectivity index (χ3n) is 4.69. The van der Waals surface area contributed by atoms with Crippen molar-refractivity contribution in [1.82, 2.24) is 4.98 Å². The first-order valence-electron chi connectivity index (χ1n) is 7.46. The van der Waals surface area contributed by atoms with Crippen molar-refractivity contribution in [1.29, 1.82) is 0 Å². The van der Waals surface area contributed by atoms with Crippen molar-refractivity contribution < 1.29 is 4.79 Å². The number of rotatable bonds is 5. The van der Waals surface area contributed by atoms with Crippen molar-refractivity contribution in [3.05, 3.63) is 63.9 Å². The van der Waals surface area contributed by atoms with E-state index >= 15 is 0 Å². The highest BCUT2D eigenvalue weighted by molar-refractivity contribution is 6.42. The highest BCUT2D eigenvalue weighted by Crippen LogP contribution is 2.50. The molecule has 1 fully saturated rings. The van der Waals surface area contributed by atoms with Crippen LogP contribution in [0.2, 0.25) is 10.0 Å². The monoisotopic (exact) mass is 333 g/mol. The second-order valence-corrected chi connectivity index (χ2v) is 6.78. The Kier molecular flexibility index (Phi) is 4.51. The third-order valence-corrected chi connectivity index (χ3v) is 5.42. The van der Waals surface area contributed by atoms with E-state index in [9.17, 15) is 4.79 Å². The van der Waals surface area contributed by atoms with Crippen LogP contribution in [0.15, 0.2) is 42.6 Å². The second-order valence-electron chi connectivity index (χ2n) is 5.96. The number of carbonyl (C=O) groups is 1. The van der Waals surface area contributed by atoms with Gasteiger partial charge in [-0.05, 0) is 54.5 Å². The normalized spacial score (nSPS) is 17.5. The summed E-state index contributed by atoms with van der Waals surface area (Å²) in [4.78, 5) is 15.9. The van der Waals surface area contributed by atoms with Crippen molar-refractivity contribution in [2.75, 3.05) is 0 Å². The van der Waals surface area contributed by atoms with Gasteiger partial charge >= 0.3 is 0 Å². The first-order valence-corrected chi connectivity index (χ1v) is 8.22. The zero-order valence-corrected chi connectivity index (χ0v) is 13.6. The highest BCUT2D eigenvalue weighted by atomic mass is 35.5. The lowest BCUT2D eigenvalue weighted by molar-refractivity contribution is -0.109. The first-order chi connectivity index (χ1) is 10.6. The molecule has 1 aromatic carbocycles. The third kappa shape index (κ3) is 2.90. The van der Waals surface area contributed by atoms with Crippen LogP contribution >= 0.6 is 23.2 Å². The Labute approximate surface area is 140 Å². The maximum Gasteiger partial charge on any atom is 0.129 e. The molecular weight excluding hydrogens is 317 g/mol.